The molecule has 0 amide bonds. The fraction of sp³-hybridized carbons (Fsp3) is 0.0667. The van der Waals surface area contributed by atoms with Gasteiger partial charge in [-0.1, -0.05) is 164 Å². The summed E-state index contributed by atoms with van der Waals surface area (Å²) in [4.78, 5) is 0. The lowest BCUT2D eigenvalue weighted by Crippen LogP contribution is -2.21. The maximum Gasteiger partial charge on any atom is -0.00137 e. The summed E-state index contributed by atoms with van der Waals surface area (Å²) < 4.78 is 0. The van der Waals surface area contributed by atoms with Crippen molar-refractivity contribution >= 4 is 58.8 Å². The smallest absolute Gasteiger partial charge is 0.00137 e. The number of allylic oxidation sites excluding steroid dienone is 3. The summed E-state index contributed by atoms with van der Waals surface area (Å²) in [5.41, 5.74) is 16.5. The fourth-order valence-electron chi connectivity index (χ4n) is 7.32. The zero-order valence-electron chi connectivity index (χ0n) is 25.7. The van der Waals surface area contributed by atoms with E-state index >= 15 is 0 Å². The first-order valence-electron chi connectivity index (χ1n) is 16.2. The molecule has 0 bridgehead atoms. The van der Waals surface area contributed by atoms with Gasteiger partial charge in [0.2, 0.25) is 0 Å². The van der Waals surface area contributed by atoms with Crippen molar-refractivity contribution in [3.8, 4) is 0 Å². The van der Waals surface area contributed by atoms with E-state index in [1.165, 1.54) is 82.7 Å². The fourth-order valence-corrected chi connectivity index (χ4v) is 9.55. The van der Waals surface area contributed by atoms with E-state index in [1.54, 1.807) is 0 Å². The minimum absolute atomic E-state index is 0.718. The van der Waals surface area contributed by atoms with E-state index < -0.39 is 7.92 Å². The van der Waals surface area contributed by atoms with Crippen molar-refractivity contribution in [3.05, 3.63) is 196 Å². The molecule has 0 saturated heterocycles. The van der Waals surface area contributed by atoms with Crippen LogP contribution in [0.4, 0.5) is 0 Å². The van der Waals surface area contributed by atoms with Crippen molar-refractivity contribution < 1.29 is 0 Å². The van der Waals surface area contributed by atoms with Crippen LogP contribution in [0.5, 0.6) is 0 Å². The molecule has 0 aromatic heterocycles. The van der Waals surface area contributed by atoms with Gasteiger partial charge in [-0.3, -0.25) is 0 Å². The molecule has 3 aliphatic rings. The van der Waals surface area contributed by atoms with Gasteiger partial charge in [0.25, 0.3) is 0 Å². The van der Waals surface area contributed by atoms with Crippen LogP contribution in [0.1, 0.15) is 50.1 Å². The van der Waals surface area contributed by atoms with Crippen LogP contribution >= 0.6 is 7.92 Å². The minimum Gasteiger partial charge on any atom is -0.0619 e. The third kappa shape index (κ3) is 5.00. The van der Waals surface area contributed by atoms with Crippen molar-refractivity contribution in [1.82, 2.24) is 0 Å². The lowest BCUT2D eigenvalue weighted by atomic mass is 10.0. The van der Waals surface area contributed by atoms with Crippen molar-refractivity contribution in [2.24, 2.45) is 0 Å². The zero-order chi connectivity index (χ0) is 30.5. The van der Waals surface area contributed by atoms with Gasteiger partial charge in [0.05, 0.1) is 0 Å². The van der Waals surface area contributed by atoms with E-state index in [0.717, 1.165) is 19.3 Å². The number of hydrogen-bond donors (Lipinski definition) is 0. The molecule has 0 fully saturated rings. The molecule has 0 aliphatic heterocycles. The zero-order valence-corrected chi connectivity index (χ0v) is 26.6. The second kappa shape index (κ2) is 11.4. The lowest BCUT2D eigenvalue weighted by Gasteiger charge is -2.21. The molecule has 1 heteroatoms. The van der Waals surface area contributed by atoms with Crippen LogP contribution in [-0.4, -0.2) is 0 Å². The Bertz CT molecular complexity index is 1940. The van der Waals surface area contributed by atoms with Gasteiger partial charge in [0, 0.05) is 0 Å². The third-order valence-electron chi connectivity index (χ3n) is 9.79. The molecule has 0 atom stereocenters. The monoisotopic (exact) mass is 604 g/mol. The van der Waals surface area contributed by atoms with Gasteiger partial charge in [0.1, 0.15) is 0 Å². The van der Waals surface area contributed by atoms with E-state index in [4.69, 9.17) is 0 Å². The van der Waals surface area contributed by atoms with Crippen LogP contribution in [0, 0.1) is 0 Å². The number of hydrogen-bond acceptors (Lipinski definition) is 0. The number of benzene rings is 6. The first-order chi connectivity index (χ1) is 22.7. The highest BCUT2D eigenvalue weighted by molar-refractivity contribution is 7.79. The topological polar surface area (TPSA) is 0 Å². The van der Waals surface area contributed by atoms with Gasteiger partial charge in [-0.15, -0.1) is 0 Å². The molecule has 0 saturated carbocycles. The molecule has 46 heavy (non-hydrogen) atoms. The maximum atomic E-state index is 2.37. The molecule has 9 rings (SSSR count). The highest BCUT2D eigenvalue weighted by atomic mass is 31.1. The van der Waals surface area contributed by atoms with E-state index in [9.17, 15) is 0 Å². The summed E-state index contributed by atoms with van der Waals surface area (Å²) in [5, 5.41) is 4.15. The largest absolute Gasteiger partial charge is 0.0619 e. The summed E-state index contributed by atoms with van der Waals surface area (Å²) >= 11 is 0. The highest BCUT2D eigenvalue weighted by Gasteiger charge is 2.21. The first kappa shape index (κ1) is 27.3. The minimum atomic E-state index is -0.718. The van der Waals surface area contributed by atoms with Crippen molar-refractivity contribution in [2.75, 3.05) is 0 Å². The maximum absolute atomic E-state index is 2.37. The second-order valence-corrected chi connectivity index (χ2v) is 14.8. The standard InChI is InChI=1S/C45H33P/c1-2-8-35-26-40(25-34(35)7-1)31-13-19-43(20-14-31)46(44-21-15-32(16-22-44)41-27-36-9-3-4-10-37(36)28-41)45-23-17-33(18-24-45)42-29-38-11-5-6-12-39(38)30-42/h1-25,27,29H,26,28,30H2. The van der Waals surface area contributed by atoms with Crippen molar-refractivity contribution in [2.45, 2.75) is 19.3 Å². The molecule has 0 N–H and O–H groups in total. The highest BCUT2D eigenvalue weighted by Crippen LogP contribution is 2.38. The summed E-state index contributed by atoms with van der Waals surface area (Å²) in [6, 6.07) is 54.5. The molecule has 6 aromatic rings. The Balaban J connectivity index is 1.04. The summed E-state index contributed by atoms with van der Waals surface area (Å²) in [6.07, 6.45) is 10.1. The van der Waals surface area contributed by atoms with E-state index in [1.807, 2.05) is 0 Å². The molecule has 0 nitrogen and oxygen atoms in total. The number of fused-ring (bicyclic) bond motifs is 3. The summed E-state index contributed by atoms with van der Waals surface area (Å²) in [7, 11) is -0.718. The van der Waals surface area contributed by atoms with E-state index in [0.29, 0.717) is 0 Å². The van der Waals surface area contributed by atoms with Gasteiger partial charge in [-0.25, -0.2) is 0 Å². The summed E-state index contributed by atoms with van der Waals surface area (Å²) in [5.74, 6) is 0. The molecular weight excluding hydrogens is 571 g/mol. The Morgan fingerprint density at radius 3 is 0.870 bits per heavy atom. The van der Waals surface area contributed by atoms with Gasteiger partial charge in [-0.05, 0) is 110 Å². The molecule has 6 aromatic carbocycles. The van der Waals surface area contributed by atoms with Crippen molar-refractivity contribution in [1.29, 1.82) is 0 Å². The Hall–Kier alpha value is -5.03. The Kier molecular flexibility index (Phi) is 6.76. The van der Waals surface area contributed by atoms with Crippen LogP contribution in [0.25, 0.3) is 34.9 Å². The molecular formula is C45H33P. The van der Waals surface area contributed by atoms with Crippen LogP contribution < -0.4 is 15.9 Å². The first-order valence-corrected chi connectivity index (χ1v) is 17.6. The number of rotatable bonds is 6. The second-order valence-electron chi connectivity index (χ2n) is 12.6. The van der Waals surface area contributed by atoms with Crippen LogP contribution in [0.3, 0.4) is 0 Å². The quantitative estimate of drug-likeness (QED) is 0.166. The molecule has 0 spiro atoms. The Labute approximate surface area is 272 Å². The normalized spacial score (nSPS) is 14.4. The van der Waals surface area contributed by atoms with Gasteiger partial charge in [-0.2, -0.15) is 0 Å². The molecule has 0 heterocycles. The average Bonchev–Trinajstić information content (AvgIpc) is 3.86. The van der Waals surface area contributed by atoms with Crippen LogP contribution in [0.15, 0.2) is 146 Å². The van der Waals surface area contributed by atoms with Gasteiger partial charge < -0.3 is 0 Å². The van der Waals surface area contributed by atoms with Gasteiger partial charge in [0.15, 0.2) is 0 Å². The molecule has 0 radical (unpaired) electrons. The van der Waals surface area contributed by atoms with E-state index in [-0.39, 0.29) is 0 Å². The van der Waals surface area contributed by atoms with Crippen LogP contribution in [0.2, 0.25) is 0 Å². The predicted molar refractivity (Wildman–Crippen MR) is 199 cm³/mol. The Morgan fingerprint density at radius 1 is 0.304 bits per heavy atom. The van der Waals surface area contributed by atoms with Crippen molar-refractivity contribution in [3.63, 3.8) is 0 Å². The lowest BCUT2D eigenvalue weighted by molar-refractivity contribution is 1.32. The molecule has 3 aliphatic carbocycles. The average molecular weight is 605 g/mol. The molecule has 218 valence electrons. The van der Waals surface area contributed by atoms with Crippen LogP contribution in [-0.2, 0) is 19.3 Å². The molecule has 0 unspecified atom stereocenters. The SMILES string of the molecule is C1=C(c2ccc(P(c3ccc(C4=Cc5ccccc5C4)cc3)c3ccc(C4=Cc5ccccc5C4)cc3)cc2)Cc2ccccc21. The summed E-state index contributed by atoms with van der Waals surface area (Å²) in [6.45, 7) is 0. The predicted octanol–water partition coefficient (Wildman–Crippen LogP) is 9.73. The van der Waals surface area contributed by atoms with Gasteiger partial charge >= 0.3 is 0 Å². The van der Waals surface area contributed by atoms with E-state index in [2.05, 4.69) is 164 Å². The Morgan fingerprint density at radius 2 is 0.587 bits per heavy atom. The third-order valence-corrected chi connectivity index (χ3v) is 12.2.